The summed E-state index contributed by atoms with van der Waals surface area (Å²) in [4.78, 5) is 13.0. The van der Waals surface area contributed by atoms with Crippen LogP contribution in [0.4, 0.5) is 0 Å². The van der Waals surface area contributed by atoms with Crippen LogP contribution in [-0.4, -0.2) is 42.5 Å². The molecule has 0 spiro atoms. The van der Waals surface area contributed by atoms with Crippen LogP contribution in [0.1, 0.15) is 40.0 Å². The monoisotopic (exact) mass is 241 g/mol. The van der Waals surface area contributed by atoms with Crippen molar-refractivity contribution in [3.8, 4) is 0 Å². The van der Waals surface area contributed by atoms with Gasteiger partial charge in [0.1, 0.15) is 0 Å². The Hall–Kier alpha value is -0.610. The maximum Gasteiger partial charge on any atom is 0.231 e. The number of carbonyl (C=O) groups is 1. The molecule has 1 heterocycles. The zero-order valence-corrected chi connectivity index (χ0v) is 11.4. The highest BCUT2D eigenvalue weighted by molar-refractivity contribution is 5.75. The lowest BCUT2D eigenvalue weighted by Gasteiger charge is -2.33. The summed E-state index contributed by atoms with van der Waals surface area (Å²) >= 11 is 0. The molecule has 0 aromatic carbocycles. The SMILES string of the molecule is CC(C)CC(C)NC1CCN(CC(N)=O)CC1. The molecular weight excluding hydrogens is 214 g/mol. The van der Waals surface area contributed by atoms with Gasteiger partial charge in [0.05, 0.1) is 6.54 Å². The Morgan fingerprint density at radius 3 is 2.41 bits per heavy atom. The zero-order chi connectivity index (χ0) is 12.8. The van der Waals surface area contributed by atoms with E-state index in [0.717, 1.165) is 31.8 Å². The second kappa shape index (κ2) is 6.97. The Bertz CT molecular complexity index is 235. The van der Waals surface area contributed by atoms with Gasteiger partial charge >= 0.3 is 0 Å². The van der Waals surface area contributed by atoms with Crippen molar-refractivity contribution in [2.45, 2.75) is 52.1 Å². The van der Waals surface area contributed by atoms with Gasteiger partial charge in [0, 0.05) is 25.2 Å². The quantitative estimate of drug-likeness (QED) is 0.728. The first-order chi connectivity index (χ1) is 7.97. The molecule has 0 aliphatic carbocycles. The maximum atomic E-state index is 10.8. The van der Waals surface area contributed by atoms with Crippen LogP contribution in [0.3, 0.4) is 0 Å². The first-order valence-corrected chi connectivity index (χ1v) is 6.74. The number of primary amides is 1. The molecule has 17 heavy (non-hydrogen) atoms. The fourth-order valence-corrected chi connectivity index (χ4v) is 2.66. The van der Waals surface area contributed by atoms with Gasteiger partial charge in [0.25, 0.3) is 0 Å². The summed E-state index contributed by atoms with van der Waals surface area (Å²) in [7, 11) is 0. The van der Waals surface area contributed by atoms with Crippen molar-refractivity contribution in [3.63, 3.8) is 0 Å². The number of rotatable bonds is 6. The Morgan fingerprint density at radius 1 is 1.35 bits per heavy atom. The molecule has 0 bridgehead atoms. The summed E-state index contributed by atoms with van der Waals surface area (Å²) < 4.78 is 0. The highest BCUT2D eigenvalue weighted by Crippen LogP contribution is 2.12. The minimum absolute atomic E-state index is 0.218. The topological polar surface area (TPSA) is 58.4 Å². The van der Waals surface area contributed by atoms with E-state index in [1.54, 1.807) is 0 Å². The average molecular weight is 241 g/mol. The highest BCUT2D eigenvalue weighted by atomic mass is 16.1. The molecular formula is C13H27N3O. The van der Waals surface area contributed by atoms with E-state index in [1.165, 1.54) is 6.42 Å². The lowest BCUT2D eigenvalue weighted by Crippen LogP contribution is -2.47. The summed E-state index contributed by atoms with van der Waals surface area (Å²) in [6.07, 6.45) is 3.47. The van der Waals surface area contributed by atoms with E-state index in [0.29, 0.717) is 18.6 Å². The Kier molecular flexibility index (Phi) is 5.92. The predicted octanol–water partition coefficient (Wildman–Crippen LogP) is 0.960. The molecule has 3 N–H and O–H groups in total. The molecule has 1 saturated heterocycles. The summed E-state index contributed by atoms with van der Waals surface area (Å²) in [5, 5.41) is 3.68. The molecule has 0 saturated carbocycles. The van der Waals surface area contributed by atoms with E-state index in [-0.39, 0.29) is 5.91 Å². The van der Waals surface area contributed by atoms with Crippen molar-refractivity contribution in [3.05, 3.63) is 0 Å². The van der Waals surface area contributed by atoms with Crippen molar-refractivity contribution in [1.82, 2.24) is 10.2 Å². The molecule has 1 aliphatic rings. The lowest BCUT2D eigenvalue weighted by molar-refractivity contribution is -0.119. The normalized spacial score (nSPS) is 20.7. The van der Waals surface area contributed by atoms with Gasteiger partial charge < -0.3 is 11.1 Å². The van der Waals surface area contributed by atoms with E-state index in [2.05, 4.69) is 31.0 Å². The minimum atomic E-state index is -0.218. The fraction of sp³-hybridized carbons (Fsp3) is 0.923. The van der Waals surface area contributed by atoms with Gasteiger partial charge in [-0.2, -0.15) is 0 Å². The number of hydrogen-bond donors (Lipinski definition) is 2. The van der Waals surface area contributed by atoms with Crippen molar-refractivity contribution in [2.75, 3.05) is 19.6 Å². The number of nitrogens with two attached hydrogens (primary N) is 1. The van der Waals surface area contributed by atoms with E-state index in [4.69, 9.17) is 5.73 Å². The summed E-state index contributed by atoms with van der Waals surface area (Å²) in [5.74, 6) is 0.525. The maximum absolute atomic E-state index is 10.8. The molecule has 1 amide bonds. The smallest absolute Gasteiger partial charge is 0.231 e. The van der Waals surface area contributed by atoms with Gasteiger partial charge in [0.15, 0.2) is 0 Å². The molecule has 4 nitrogen and oxygen atoms in total. The number of carbonyl (C=O) groups excluding carboxylic acids is 1. The Morgan fingerprint density at radius 2 is 1.94 bits per heavy atom. The van der Waals surface area contributed by atoms with Crippen molar-refractivity contribution < 1.29 is 4.79 Å². The molecule has 0 aromatic rings. The molecule has 100 valence electrons. The third-order valence-electron chi connectivity index (χ3n) is 3.31. The largest absolute Gasteiger partial charge is 0.369 e. The van der Waals surface area contributed by atoms with Crippen LogP contribution in [0.5, 0.6) is 0 Å². The number of amides is 1. The third kappa shape index (κ3) is 6.03. The van der Waals surface area contributed by atoms with Crippen LogP contribution >= 0.6 is 0 Å². The van der Waals surface area contributed by atoms with Gasteiger partial charge in [-0.25, -0.2) is 0 Å². The predicted molar refractivity (Wildman–Crippen MR) is 70.7 cm³/mol. The summed E-state index contributed by atoms with van der Waals surface area (Å²) in [6, 6.07) is 1.19. The van der Waals surface area contributed by atoms with Gasteiger partial charge in [-0.1, -0.05) is 13.8 Å². The molecule has 4 heteroatoms. The van der Waals surface area contributed by atoms with Gasteiger partial charge in [-0.15, -0.1) is 0 Å². The standard InChI is InChI=1S/C13H27N3O/c1-10(2)8-11(3)15-12-4-6-16(7-5-12)9-13(14)17/h10-12,15H,4-9H2,1-3H3,(H2,14,17). The minimum Gasteiger partial charge on any atom is -0.369 e. The summed E-state index contributed by atoms with van der Waals surface area (Å²) in [6.45, 7) is 9.15. The first-order valence-electron chi connectivity index (χ1n) is 6.74. The highest BCUT2D eigenvalue weighted by Gasteiger charge is 2.21. The third-order valence-corrected chi connectivity index (χ3v) is 3.31. The molecule has 1 atom stereocenters. The second-order valence-electron chi connectivity index (χ2n) is 5.71. The number of piperidine rings is 1. The van der Waals surface area contributed by atoms with Crippen LogP contribution in [0, 0.1) is 5.92 Å². The number of hydrogen-bond acceptors (Lipinski definition) is 3. The average Bonchev–Trinajstić information content (AvgIpc) is 2.18. The van der Waals surface area contributed by atoms with E-state index in [9.17, 15) is 4.79 Å². The second-order valence-corrected chi connectivity index (χ2v) is 5.71. The molecule has 0 radical (unpaired) electrons. The first kappa shape index (κ1) is 14.5. The zero-order valence-electron chi connectivity index (χ0n) is 11.4. The summed E-state index contributed by atoms with van der Waals surface area (Å²) in [5.41, 5.74) is 5.20. The number of nitrogens with one attached hydrogen (secondary N) is 1. The number of likely N-dealkylation sites (tertiary alicyclic amines) is 1. The molecule has 0 aromatic heterocycles. The van der Waals surface area contributed by atoms with Crippen molar-refractivity contribution in [1.29, 1.82) is 0 Å². The van der Waals surface area contributed by atoms with Crippen molar-refractivity contribution in [2.24, 2.45) is 11.7 Å². The fourth-order valence-electron chi connectivity index (χ4n) is 2.66. The number of nitrogens with zero attached hydrogens (tertiary/aromatic N) is 1. The van der Waals surface area contributed by atoms with E-state index < -0.39 is 0 Å². The molecule has 1 unspecified atom stereocenters. The van der Waals surface area contributed by atoms with Crippen LogP contribution in [-0.2, 0) is 4.79 Å². The van der Waals surface area contributed by atoms with E-state index in [1.807, 2.05) is 0 Å². The Balaban J connectivity index is 2.20. The molecule has 1 rings (SSSR count). The molecule has 1 fully saturated rings. The van der Waals surface area contributed by atoms with Gasteiger partial charge in [-0.05, 0) is 32.1 Å². The van der Waals surface area contributed by atoms with E-state index >= 15 is 0 Å². The van der Waals surface area contributed by atoms with Crippen LogP contribution in [0.25, 0.3) is 0 Å². The van der Waals surface area contributed by atoms with Gasteiger partial charge in [-0.3, -0.25) is 9.69 Å². The Labute approximate surface area is 105 Å². The van der Waals surface area contributed by atoms with Crippen molar-refractivity contribution >= 4 is 5.91 Å². The van der Waals surface area contributed by atoms with Crippen LogP contribution in [0.2, 0.25) is 0 Å². The van der Waals surface area contributed by atoms with Gasteiger partial charge in [0.2, 0.25) is 5.91 Å². The van der Waals surface area contributed by atoms with Crippen LogP contribution in [0.15, 0.2) is 0 Å². The lowest BCUT2D eigenvalue weighted by atomic mass is 10.0. The molecule has 1 aliphatic heterocycles. The van der Waals surface area contributed by atoms with Crippen LogP contribution < -0.4 is 11.1 Å².